The molecule has 0 unspecified atom stereocenters. The number of benzene rings is 3. The van der Waals surface area contributed by atoms with Crippen LogP contribution in [0.3, 0.4) is 0 Å². The monoisotopic (exact) mass is 423 g/mol. The Bertz CT molecular complexity index is 1300. The molecule has 5 aromatic rings. The molecule has 0 aliphatic rings. The SMILES string of the molecule is Oc1ccc(-c2cc3c(Sc4ccccc4)ncnc3n2CCc2ccccc2)cc1. The Morgan fingerprint density at radius 2 is 1.52 bits per heavy atom. The lowest BCUT2D eigenvalue weighted by molar-refractivity contribution is 0.475. The molecule has 31 heavy (non-hydrogen) atoms. The highest BCUT2D eigenvalue weighted by atomic mass is 32.2. The van der Waals surface area contributed by atoms with Crippen LogP contribution in [0, 0.1) is 0 Å². The summed E-state index contributed by atoms with van der Waals surface area (Å²) in [6.07, 6.45) is 2.55. The van der Waals surface area contributed by atoms with Crippen molar-refractivity contribution in [2.75, 3.05) is 0 Å². The van der Waals surface area contributed by atoms with Gasteiger partial charge in [-0.2, -0.15) is 0 Å². The molecule has 1 N–H and O–H groups in total. The summed E-state index contributed by atoms with van der Waals surface area (Å²) in [5, 5.41) is 11.7. The third-order valence-corrected chi connectivity index (χ3v) is 6.27. The number of aromatic hydroxyl groups is 1. The quantitative estimate of drug-likeness (QED) is 0.331. The third kappa shape index (κ3) is 4.18. The highest BCUT2D eigenvalue weighted by Crippen LogP contribution is 2.35. The van der Waals surface area contributed by atoms with Crippen LogP contribution in [0.25, 0.3) is 22.3 Å². The number of fused-ring (bicyclic) bond motifs is 1. The second-order valence-corrected chi connectivity index (χ2v) is 8.36. The van der Waals surface area contributed by atoms with Crippen molar-refractivity contribution in [3.05, 3.63) is 103 Å². The van der Waals surface area contributed by atoms with Crippen LogP contribution in [0.4, 0.5) is 0 Å². The smallest absolute Gasteiger partial charge is 0.144 e. The maximum absolute atomic E-state index is 9.74. The number of rotatable bonds is 6. The van der Waals surface area contributed by atoms with Gasteiger partial charge in [-0.3, -0.25) is 0 Å². The van der Waals surface area contributed by atoms with Crippen molar-refractivity contribution < 1.29 is 5.11 Å². The minimum atomic E-state index is 0.260. The van der Waals surface area contributed by atoms with E-state index in [9.17, 15) is 5.11 Å². The van der Waals surface area contributed by atoms with Crippen LogP contribution in [0.5, 0.6) is 5.75 Å². The van der Waals surface area contributed by atoms with Gasteiger partial charge in [-0.25, -0.2) is 9.97 Å². The van der Waals surface area contributed by atoms with E-state index in [4.69, 9.17) is 0 Å². The summed E-state index contributed by atoms with van der Waals surface area (Å²) < 4.78 is 2.26. The van der Waals surface area contributed by atoms with Gasteiger partial charge in [0.25, 0.3) is 0 Å². The molecule has 0 fully saturated rings. The van der Waals surface area contributed by atoms with Crippen molar-refractivity contribution in [2.45, 2.75) is 22.9 Å². The summed E-state index contributed by atoms with van der Waals surface area (Å²) in [5.41, 5.74) is 4.32. The van der Waals surface area contributed by atoms with Crippen molar-refractivity contribution in [1.82, 2.24) is 14.5 Å². The minimum Gasteiger partial charge on any atom is -0.508 e. The first-order valence-corrected chi connectivity index (χ1v) is 11.0. The highest BCUT2D eigenvalue weighted by Gasteiger charge is 2.16. The molecule has 3 aromatic carbocycles. The van der Waals surface area contributed by atoms with Gasteiger partial charge in [0.2, 0.25) is 0 Å². The molecule has 0 amide bonds. The molecule has 0 saturated heterocycles. The highest BCUT2D eigenvalue weighted by molar-refractivity contribution is 7.99. The fourth-order valence-corrected chi connectivity index (χ4v) is 4.58. The normalized spacial score (nSPS) is 11.1. The standard InChI is InChI=1S/C26H21N3OS/c30-21-13-11-20(12-14-21)24-17-23-25(29(24)16-15-19-7-3-1-4-8-19)27-18-28-26(23)31-22-9-5-2-6-10-22/h1-14,17-18,30H,15-16H2. The van der Waals surface area contributed by atoms with E-state index >= 15 is 0 Å². The zero-order chi connectivity index (χ0) is 21.0. The van der Waals surface area contributed by atoms with Gasteiger partial charge >= 0.3 is 0 Å². The first-order chi connectivity index (χ1) is 15.3. The van der Waals surface area contributed by atoms with Crippen LogP contribution >= 0.6 is 11.8 Å². The van der Waals surface area contributed by atoms with Crippen LogP contribution in [0.2, 0.25) is 0 Å². The molecular formula is C26H21N3OS. The lowest BCUT2D eigenvalue weighted by Crippen LogP contribution is -2.04. The molecule has 0 aliphatic carbocycles. The van der Waals surface area contributed by atoms with Gasteiger partial charge in [0, 0.05) is 11.4 Å². The number of phenolic OH excluding ortho intramolecular Hbond substituents is 1. The Balaban J connectivity index is 1.60. The summed E-state index contributed by atoms with van der Waals surface area (Å²) in [6, 6.07) is 30.2. The maximum atomic E-state index is 9.74. The molecule has 0 aliphatic heterocycles. The van der Waals surface area contributed by atoms with Crippen LogP contribution in [-0.2, 0) is 13.0 Å². The molecule has 4 nitrogen and oxygen atoms in total. The maximum Gasteiger partial charge on any atom is 0.144 e. The molecule has 0 atom stereocenters. The molecule has 2 heterocycles. The molecule has 5 heteroatoms. The average Bonchev–Trinajstić information content (AvgIpc) is 3.19. The first-order valence-electron chi connectivity index (χ1n) is 10.2. The summed E-state index contributed by atoms with van der Waals surface area (Å²) in [6.45, 7) is 0.802. The van der Waals surface area contributed by atoms with Crippen LogP contribution in [0.15, 0.2) is 107 Å². The average molecular weight is 424 g/mol. The summed E-state index contributed by atoms with van der Waals surface area (Å²) in [7, 11) is 0. The molecule has 2 aromatic heterocycles. The van der Waals surface area contributed by atoms with Gasteiger partial charge in [0.1, 0.15) is 22.7 Å². The van der Waals surface area contributed by atoms with Gasteiger partial charge in [-0.1, -0.05) is 60.3 Å². The lowest BCUT2D eigenvalue weighted by Gasteiger charge is -2.11. The molecule has 152 valence electrons. The second-order valence-electron chi connectivity index (χ2n) is 7.29. The molecule has 5 rings (SSSR count). The Labute approximate surface area is 185 Å². The molecule has 0 spiro atoms. The molecular weight excluding hydrogens is 402 g/mol. The Hall–Kier alpha value is -3.57. The van der Waals surface area contributed by atoms with E-state index in [1.807, 2.05) is 36.4 Å². The van der Waals surface area contributed by atoms with Crippen LogP contribution in [-0.4, -0.2) is 19.6 Å². The summed E-state index contributed by atoms with van der Waals surface area (Å²) in [5.74, 6) is 0.260. The van der Waals surface area contributed by atoms with Crippen LogP contribution < -0.4 is 0 Å². The van der Waals surface area contributed by atoms with Crippen LogP contribution in [0.1, 0.15) is 5.56 Å². The van der Waals surface area contributed by atoms with E-state index in [2.05, 4.69) is 57.0 Å². The van der Waals surface area contributed by atoms with E-state index in [-0.39, 0.29) is 5.75 Å². The summed E-state index contributed by atoms with van der Waals surface area (Å²) in [4.78, 5) is 10.4. The predicted molar refractivity (Wildman–Crippen MR) is 125 cm³/mol. The fraction of sp³-hybridized carbons (Fsp3) is 0.0769. The van der Waals surface area contributed by atoms with E-state index in [1.54, 1.807) is 30.2 Å². The Morgan fingerprint density at radius 1 is 0.806 bits per heavy atom. The van der Waals surface area contributed by atoms with Crippen molar-refractivity contribution in [2.24, 2.45) is 0 Å². The topological polar surface area (TPSA) is 50.9 Å². The Kier molecular flexibility index (Phi) is 5.42. The number of hydrogen-bond acceptors (Lipinski definition) is 4. The number of phenols is 1. The van der Waals surface area contributed by atoms with Gasteiger partial charge < -0.3 is 9.67 Å². The third-order valence-electron chi connectivity index (χ3n) is 5.24. The van der Waals surface area contributed by atoms with Crippen molar-refractivity contribution in [1.29, 1.82) is 0 Å². The van der Waals surface area contributed by atoms with Crippen molar-refractivity contribution in [3.63, 3.8) is 0 Å². The lowest BCUT2D eigenvalue weighted by atomic mass is 10.1. The molecule has 0 radical (unpaired) electrons. The number of aryl methyl sites for hydroxylation is 2. The van der Waals surface area contributed by atoms with E-state index in [0.29, 0.717) is 0 Å². The number of aromatic nitrogens is 3. The predicted octanol–water partition coefficient (Wildman–Crippen LogP) is 6.20. The summed E-state index contributed by atoms with van der Waals surface area (Å²) >= 11 is 1.65. The van der Waals surface area contributed by atoms with Crippen molar-refractivity contribution in [3.8, 4) is 17.0 Å². The van der Waals surface area contributed by atoms with E-state index in [0.717, 1.165) is 45.2 Å². The number of nitrogens with zero attached hydrogens (tertiary/aromatic N) is 3. The minimum absolute atomic E-state index is 0.260. The van der Waals surface area contributed by atoms with Gasteiger partial charge in [-0.05, 0) is 60.0 Å². The molecule has 0 saturated carbocycles. The zero-order valence-corrected chi connectivity index (χ0v) is 17.7. The first kappa shape index (κ1) is 19.4. The zero-order valence-electron chi connectivity index (χ0n) is 16.8. The number of hydrogen-bond donors (Lipinski definition) is 1. The van der Waals surface area contributed by atoms with Gasteiger partial charge in [0.15, 0.2) is 0 Å². The van der Waals surface area contributed by atoms with E-state index in [1.165, 1.54) is 5.56 Å². The molecule has 0 bridgehead atoms. The Morgan fingerprint density at radius 3 is 2.26 bits per heavy atom. The fourth-order valence-electron chi connectivity index (χ4n) is 3.71. The van der Waals surface area contributed by atoms with Crippen molar-refractivity contribution >= 4 is 22.8 Å². The second kappa shape index (κ2) is 8.66. The van der Waals surface area contributed by atoms with Gasteiger partial charge in [-0.15, -0.1) is 0 Å². The van der Waals surface area contributed by atoms with E-state index < -0.39 is 0 Å². The largest absolute Gasteiger partial charge is 0.508 e. The van der Waals surface area contributed by atoms with Gasteiger partial charge in [0.05, 0.1) is 11.1 Å².